The van der Waals surface area contributed by atoms with E-state index in [0.29, 0.717) is 13.0 Å². The van der Waals surface area contributed by atoms with E-state index in [4.69, 9.17) is 10.8 Å². The van der Waals surface area contributed by atoms with Crippen LogP contribution >= 0.6 is 0 Å². The van der Waals surface area contributed by atoms with E-state index < -0.39 is 5.97 Å². The molecule has 1 heterocycles. The fourth-order valence-electron chi connectivity index (χ4n) is 3.49. The Hall–Kier alpha value is -1.10. The molecule has 5 nitrogen and oxygen atoms in total. The molecule has 1 amide bonds. The van der Waals surface area contributed by atoms with Crippen LogP contribution in [0, 0.1) is 5.41 Å². The summed E-state index contributed by atoms with van der Waals surface area (Å²) in [7, 11) is 0. The molecule has 2 fully saturated rings. The van der Waals surface area contributed by atoms with Crippen LogP contribution in [-0.2, 0) is 9.59 Å². The molecule has 0 spiro atoms. The average Bonchev–Trinajstić information content (AvgIpc) is 2.76. The van der Waals surface area contributed by atoms with Crippen molar-refractivity contribution in [2.45, 2.75) is 57.4 Å². The molecule has 1 atom stereocenters. The molecule has 5 heteroatoms. The third-order valence-corrected chi connectivity index (χ3v) is 4.54. The highest BCUT2D eigenvalue weighted by atomic mass is 16.4. The fraction of sp³-hybridized carbons (Fsp3) is 0.857. The molecule has 2 rings (SSSR count). The molecule has 2 aliphatic rings. The minimum atomic E-state index is -0.784. The summed E-state index contributed by atoms with van der Waals surface area (Å²) in [4.78, 5) is 25.2. The van der Waals surface area contributed by atoms with Gasteiger partial charge in [-0.2, -0.15) is 0 Å². The van der Waals surface area contributed by atoms with Crippen molar-refractivity contribution >= 4 is 11.9 Å². The lowest BCUT2D eigenvalue weighted by atomic mass is 9.69. The van der Waals surface area contributed by atoms with Gasteiger partial charge in [0.15, 0.2) is 0 Å². The standard InChI is InChI=1S/C14H24N2O3/c15-11-4-7-16(10-11)12(17)8-14(9-13(18)19)5-2-1-3-6-14/h11H,1-10,15H2,(H,18,19). The molecule has 0 aromatic carbocycles. The van der Waals surface area contributed by atoms with Gasteiger partial charge in [0.05, 0.1) is 6.42 Å². The summed E-state index contributed by atoms with van der Waals surface area (Å²) >= 11 is 0. The first-order chi connectivity index (χ1) is 9.01. The molecule has 108 valence electrons. The Bertz CT molecular complexity index is 351. The number of nitrogens with zero attached hydrogens (tertiary/aromatic N) is 1. The zero-order valence-electron chi connectivity index (χ0n) is 11.4. The molecule has 0 aromatic rings. The second-order valence-corrected chi connectivity index (χ2v) is 6.20. The number of nitrogens with two attached hydrogens (primary N) is 1. The third-order valence-electron chi connectivity index (χ3n) is 4.54. The van der Waals surface area contributed by atoms with Crippen LogP contribution in [-0.4, -0.2) is 41.0 Å². The lowest BCUT2D eigenvalue weighted by Crippen LogP contribution is -2.38. The van der Waals surface area contributed by atoms with Crippen molar-refractivity contribution in [2.75, 3.05) is 13.1 Å². The molecule has 1 aliphatic heterocycles. The number of likely N-dealkylation sites (tertiary alicyclic amines) is 1. The molecule has 1 unspecified atom stereocenters. The number of aliphatic carboxylic acids is 1. The summed E-state index contributed by atoms with van der Waals surface area (Å²) in [6.07, 6.45) is 6.34. The van der Waals surface area contributed by atoms with E-state index in [-0.39, 0.29) is 23.8 Å². The molecule has 1 aliphatic carbocycles. The molecule has 0 aromatic heterocycles. The van der Waals surface area contributed by atoms with Crippen LogP contribution in [0.4, 0.5) is 0 Å². The van der Waals surface area contributed by atoms with Gasteiger partial charge in [-0.05, 0) is 24.7 Å². The average molecular weight is 268 g/mol. The highest BCUT2D eigenvalue weighted by molar-refractivity contribution is 5.78. The van der Waals surface area contributed by atoms with Gasteiger partial charge in [0, 0.05) is 25.6 Å². The van der Waals surface area contributed by atoms with Gasteiger partial charge in [0.2, 0.25) is 5.91 Å². The van der Waals surface area contributed by atoms with Crippen LogP contribution in [0.25, 0.3) is 0 Å². The molecule has 1 saturated heterocycles. The van der Waals surface area contributed by atoms with Crippen molar-refractivity contribution < 1.29 is 14.7 Å². The first-order valence-electron chi connectivity index (χ1n) is 7.26. The maximum Gasteiger partial charge on any atom is 0.303 e. The van der Waals surface area contributed by atoms with Crippen molar-refractivity contribution in [3.8, 4) is 0 Å². The van der Waals surface area contributed by atoms with Crippen molar-refractivity contribution in [1.29, 1.82) is 0 Å². The molecule has 0 bridgehead atoms. The number of carbonyl (C=O) groups excluding carboxylic acids is 1. The van der Waals surface area contributed by atoms with E-state index in [0.717, 1.165) is 45.1 Å². The Morgan fingerprint density at radius 3 is 2.42 bits per heavy atom. The van der Waals surface area contributed by atoms with E-state index in [1.807, 2.05) is 4.90 Å². The number of carboxylic acid groups (broad SMARTS) is 1. The normalized spacial score (nSPS) is 26.4. The molecule has 1 saturated carbocycles. The predicted molar refractivity (Wildman–Crippen MR) is 71.6 cm³/mol. The van der Waals surface area contributed by atoms with E-state index in [9.17, 15) is 9.59 Å². The second kappa shape index (κ2) is 5.90. The van der Waals surface area contributed by atoms with Gasteiger partial charge in [-0.25, -0.2) is 0 Å². The van der Waals surface area contributed by atoms with Crippen molar-refractivity contribution in [3.05, 3.63) is 0 Å². The summed E-state index contributed by atoms with van der Waals surface area (Å²) in [6.45, 7) is 1.35. The number of carboxylic acids is 1. The Labute approximate surface area is 114 Å². The summed E-state index contributed by atoms with van der Waals surface area (Å²) in [5, 5.41) is 9.11. The second-order valence-electron chi connectivity index (χ2n) is 6.20. The first kappa shape index (κ1) is 14.3. The minimum Gasteiger partial charge on any atom is -0.481 e. The van der Waals surface area contributed by atoms with Gasteiger partial charge in [0.1, 0.15) is 0 Å². The van der Waals surface area contributed by atoms with E-state index in [1.54, 1.807) is 0 Å². The summed E-state index contributed by atoms with van der Waals surface area (Å²) in [6, 6.07) is 0.0886. The summed E-state index contributed by atoms with van der Waals surface area (Å²) < 4.78 is 0. The number of amides is 1. The summed E-state index contributed by atoms with van der Waals surface area (Å²) in [5.41, 5.74) is 5.51. The molecular formula is C14H24N2O3. The third kappa shape index (κ3) is 3.69. The number of hydrogen-bond acceptors (Lipinski definition) is 3. The Balaban J connectivity index is 1.99. The van der Waals surface area contributed by atoms with Crippen molar-refractivity contribution in [1.82, 2.24) is 4.90 Å². The Kier molecular flexibility index (Phi) is 4.45. The van der Waals surface area contributed by atoms with Crippen LogP contribution in [0.1, 0.15) is 51.4 Å². The van der Waals surface area contributed by atoms with Crippen LogP contribution in [0.15, 0.2) is 0 Å². The van der Waals surface area contributed by atoms with Gasteiger partial charge in [-0.1, -0.05) is 19.3 Å². The first-order valence-corrected chi connectivity index (χ1v) is 7.26. The van der Waals surface area contributed by atoms with Crippen LogP contribution < -0.4 is 5.73 Å². The Morgan fingerprint density at radius 1 is 1.21 bits per heavy atom. The van der Waals surface area contributed by atoms with Crippen molar-refractivity contribution in [2.24, 2.45) is 11.1 Å². The predicted octanol–water partition coefficient (Wildman–Crippen LogP) is 1.36. The largest absolute Gasteiger partial charge is 0.481 e. The van der Waals surface area contributed by atoms with Gasteiger partial charge in [-0.3, -0.25) is 9.59 Å². The summed E-state index contributed by atoms with van der Waals surface area (Å²) in [5.74, 6) is -0.691. The van der Waals surface area contributed by atoms with Gasteiger partial charge in [-0.15, -0.1) is 0 Å². The quantitative estimate of drug-likeness (QED) is 0.806. The van der Waals surface area contributed by atoms with Crippen LogP contribution in [0.3, 0.4) is 0 Å². The van der Waals surface area contributed by atoms with E-state index in [2.05, 4.69) is 0 Å². The van der Waals surface area contributed by atoms with Gasteiger partial charge in [0.25, 0.3) is 0 Å². The number of hydrogen-bond donors (Lipinski definition) is 2. The zero-order valence-corrected chi connectivity index (χ0v) is 11.4. The fourth-order valence-corrected chi connectivity index (χ4v) is 3.49. The van der Waals surface area contributed by atoms with Crippen molar-refractivity contribution in [3.63, 3.8) is 0 Å². The van der Waals surface area contributed by atoms with E-state index >= 15 is 0 Å². The lowest BCUT2D eigenvalue weighted by Gasteiger charge is -2.36. The van der Waals surface area contributed by atoms with Gasteiger partial charge < -0.3 is 15.7 Å². The monoisotopic (exact) mass is 268 g/mol. The smallest absolute Gasteiger partial charge is 0.303 e. The molecule has 3 N–H and O–H groups in total. The van der Waals surface area contributed by atoms with Gasteiger partial charge >= 0.3 is 5.97 Å². The molecular weight excluding hydrogens is 244 g/mol. The minimum absolute atomic E-state index is 0.0886. The zero-order chi connectivity index (χ0) is 13.9. The van der Waals surface area contributed by atoms with Crippen LogP contribution in [0.5, 0.6) is 0 Å². The maximum atomic E-state index is 12.3. The lowest BCUT2D eigenvalue weighted by molar-refractivity contribution is -0.142. The molecule has 19 heavy (non-hydrogen) atoms. The highest BCUT2D eigenvalue weighted by Crippen LogP contribution is 2.42. The SMILES string of the molecule is NC1CCN(C(=O)CC2(CC(=O)O)CCCCC2)C1. The van der Waals surface area contributed by atoms with Crippen LogP contribution in [0.2, 0.25) is 0 Å². The van der Waals surface area contributed by atoms with E-state index in [1.165, 1.54) is 0 Å². The maximum absolute atomic E-state index is 12.3. The number of rotatable bonds is 4. The molecule has 0 radical (unpaired) electrons. The topological polar surface area (TPSA) is 83.6 Å². The highest BCUT2D eigenvalue weighted by Gasteiger charge is 2.38. The number of carbonyl (C=O) groups is 2. The Morgan fingerprint density at radius 2 is 1.89 bits per heavy atom.